The highest BCUT2D eigenvalue weighted by molar-refractivity contribution is 6.30. The summed E-state index contributed by atoms with van der Waals surface area (Å²) in [6.45, 7) is 8.45. The molecule has 0 unspecified atom stereocenters. The predicted octanol–water partition coefficient (Wildman–Crippen LogP) is 2.05. The fraction of sp³-hybridized carbons (Fsp3) is 0.619. The van der Waals surface area contributed by atoms with Crippen molar-refractivity contribution in [2.45, 2.75) is 19.8 Å². The number of rotatable bonds is 10. The Labute approximate surface area is 179 Å². The number of hydrogen-bond donors (Lipinski definition) is 1. The summed E-state index contributed by atoms with van der Waals surface area (Å²) in [4.78, 5) is 21.4. The monoisotopic (exact) mass is 424 g/mol. The lowest BCUT2D eigenvalue weighted by Gasteiger charge is -2.36. The van der Waals surface area contributed by atoms with Gasteiger partial charge in [-0.15, -0.1) is 0 Å². The minimum Gasteiger partial charge on any atom is -0.382 e. The van der Waals surface area contributed by atoms with E-state index >= 15 is 0 Å². The molecule has 0 radical (unpaired) electrons. The SMILES string of the molecule is CCNC(=NCCCOCCOC)N1CCN(C(=O)Cc2cccc(Cl)c2)CC1. The summed E-state index contributed by atoms with van der Waals surface area (Å²) in [5, 5.41) is 4.01. The van der Waals surface area contributed by atoms with Crippen LogP contribution in [0.2, 0.25) is 5.02 Å². The van der Waals surface area contributed by atoms with Crippen LogP contribution in [-0.4, -0.2) is 87.9 Å². The molecule has 0 bridgehead atoms. The Morgan fingerprint density at radius 2 is 1.93 bits per heavy atom. The molecule has 1 fully saturated rings. The zero-order valence-electron chi connectivity index (χ0n) is 17.5. The number of ether oxygens (including phenoxy) is 2. The zero-order valence-corrected chi connectivity index (χ0v) is 18.3. The Morgan fingerprint density at radius 3 is 2.62 bits per heavy atom. The average Bonchev–Trinajstić information content (AvgIpc) is 2.72. The summed E-state index contributed by atoms with van der Waals surface area (Å²) < 4.78 is 10.4. The third-order valence-electron chi connectivity index (χ3n) is 4.65. The number of halogens is 1. The Hall–Kier alpha value is -1.83. The van der Waals surface area contributed by atoms with E-state index in [4.69, 9.17) is 26.1 Å². The van der Waals surface area contributed by atoms with E-state index in [9.17, 15) is 4.79 Å². The second-order valence-corrected chi connectivity index (χ2v) is 7.31. The number of piperazine rings is 1. The molecular weight excluding hydrogens is 392 g/mol. The largest absolute Gasteiger partial charge is 0.382 e. The van der Waals surface area contributed by atoms with Gasteiger partial charge >= 0.3 is 0 Å². The molecule has 1 aromatic carbocycles. The highest BCUT2D eigenvalue weighted by Crippen LogP contribution is 2.13. The first-order valence-electron chi connectivity index (χ1n) is 10.3. The van der Waals surface area contributed by atoms with Crippen molar-refractivity contribution < 1.29 is 14.3 Å². The number of nitrogens with zero attached hydrogens (tertiary/aromatic N) is 3. The van der Waals surface area contributed by atoms with Crippen LogP contribution >= 0.6 is 11.6 Å². The van der Waals surface area contributed by atoms with E-state index in [1.165, 1.54) is 0 Å². The van der Waals surface area contributed by atoms with E-state index in [-0.39, 0.29) is 5.91 Å². The summed E-state index contributed by atoms with van der Waals surface area (Å²) in [6, 6.07) is 7.49. The van der Waals surface area contributed by atoms with Crippen LogP contribution in [0.4, 0.5) is 0 Å². The lowest BCUT2D eigenvalue weighted by atomic mass is 10.1. The minimum atomic E-state index is 0.141. The molecular formula is C21H33ClN4O3. The van der Waals surface area contributed by atoms with Gasteiger partial charge in [-0.25, -0.2) is 0 Å². The van der Waals surface area contributed by atoms with Crippen molar-refractivity contribution in [3.8, 4) is 0 Å². The number of benzene rings is 1. The molecule has 29 heavy (non-hydrogen) atoms. The second kappa shape index (κ2) is 13.4. The number of hydrogen-bond acceptors (Lipinski definition) is 4. The van der Waals surface area contributed by atoms with Crippen LogP contribution in [0.15, 0.2) is 29.3 Å². The van der Waals surface area contributed by atoms with E-state index < -0.39 is 0 Å². The maximum atomic E-state index is 12.6. The number of carbonyl (C=O) groups is 1. The van der Waals surface area contributed by atoms with Gasteiger partial charge in [-0.3, -0.25) is 9.79 Å². The van der Waals surface area contributed by atoms with Crippen LogP contribution in [0.25, 0.3) is 0 Å². The molecule has 1 N–H and O–H groups in total. The van der Waals surface area contributed by atoms with Gasteiger partial charge in [0.15, 0.2) is 5.96 Å². The molecule has 0 saturated carbocycles. The Balaban J connectivity index is 1.76. The smallest absolute Gasteiger partial charge is 0.227 e. The maximum Gasteiger partial charge on any atom is 0.227 e. The van der Waals surface area contributed by atoms with E-state index in [2.05, 4.69) is 17.1 Å². The molecule has 162 valence electrons. The summed E-state index contributed by atoms with van der Waals surface area (Å²) >= 11 is 6.02. The number of amides is 1. The number of methoxy groups -OCH3 is 1. The second-order valence-electron chi connectivity index (χ2n) is 6.87. The number of aliphatic imine (C=N–C) groups is 1. The molecule has 0 aliphatic carbocycles. The quantitative estimate of drug-likeness (QED) is 0.354. The van der Waals surface area contributed by atoms with E-state index in [1.54, 1.807) is 7.11 Å². The van der Waals surface area contributed by atoms with Gasteiger partial charge < -0.3 is 24.6 Å². The zero-order chi connectivity index (χ0) is 20.9. The van der Waals surface area contributed by atoms with Crippen molar-refractivity contribution in [1.29, 1.82) is 0 Å². The van der Waals surface area contributed by atoms with Gasteiger partial charge in [-0.2, -0.15) is 0 Å². The molecule has 2 rings (SSSR count). The molecule has 7 nitrogen and oxygen atoms in total. The number of guanidine groups is 1. The minimum absolute atomic E-state index is 0.141. The summed E-state index contributed by atoms with van der Waals surface area (Å²) in [5.41, 5.74) is 0.951. The Morgan fingerprint density at radius 1 is 1.17 bits per heavy atom. The highest BCUT2D eigenvalue weighted by Gasteiger charge is 2.23. The lowest BCUT2D eigenvalue weighted by Crippen LogP contribution is -2.54. The maximum absolute atomic E-state index is 12.6. The van der Waals surface area contributed by atoms with Gasteiger partial charge in [0.1, 0.15) is 0 Å². The normalized spacial score (nSPS) is 14.9. The molecule has 1 amide bonds. The summed E-state index contributed by atoms with van der Waals surface area (Å²) in [5.74, 6) is 1.05. The Kier molecular flexibility index (Phi) is 10.8. The van der Waals surface area contributed by atoms with Gasteiger partial charge in [0.05, 0.1) is 19.6 Å². The van der Waals surface area contributed by atoms with Crippen LogP contribution in [0.3, 0.4) is 0 Å². The summed E-state index contributed by atoms with van der Waals surface area (Å²) in [7, 11) is 1.67. The predicted molar refractivity (Wildman–Crippen MR) is 117 cm³/mol. The molecule has 0 atom stereocenters. The van der Waals surface area contributed by atoms with Crippen molar-refractivity contribution in [3.05, 3.63) is 34.9 Å². The van der Waals surface area contributed by atoms with Gasteiger partial charge in [0, 0.05) is 58.0 Å². The molecule has 1 aromatic rings. The molecule has 1 aliphatic rings. The fourth-order valence-electron chi connectivity index (χ4n) is 3.12. The third kappa shape index (κ3) is 8.60. The van der Waals surface area contributed by atoms with Crippen molar-refractivity contribution in [3.63, 3.8) is 0 Å². The van der Waals surface area contributed by atoms with E-state index in [0.29, 0.717) is 50.9 Å². The van der Waals surface area contributed by atoms with E-state index in [0.717, 1.165) is 37.6 Å². The van der Waals surface area contributed by atoms with Crippen LogP contribution in [0, 0.1) is 0 Å². The fourth-order valence-corrected chi connectivity index (χ4v) is 3.34. The Bertz CT molecular complexity index is 649. The van der Waals surface area contributed by atoms with Gasteiger partial charge in [-0.05, 0) is 31.0 Å². The first-order chi connectivity index (χ1) is 14.1. The van der Waals surface area contributed by atoms with Gasteiger partial charge in [0.25, 0.3) is 0 Å². The summed E-state index contributed by atoms with van der Waals surface area (Å²) in [6.07, 6.45) is 1.26. The first kappa shape index (κ1) is 23.4. The van der Waals surface area contributed by atoms with Crippen molar-refractivity contribution in [2.24, 2.45) is 4.99 Å². The molecule has 8 heteroatoms. The topological polar surface area (TPSA) is 66.4 Å². The average molecular weight is 425 g/mol. The van der Waals surface area contributed by atoms with E-state index in [1.807, 2.05) is 29.2 Å². The van der Waals surface area contributed by atoms with Gasteiger partial charge in [0.2, 0.25) is 5.91 Å². The lowest BCUT2D eigenvalue weighted by molar-refractivity contribution is -0.131. The molecule has 0 aromatic heterocycles. The van der Waals surface area contributed by atoms with Crippen molar-refractivity contribution in [1.82, 2.24) is 15.1 Å². The number of carbonyl (C=O) groups excluding carboxylic acids is 1. The molecule has 1 aliphatic heterocycles. The van der Waals surface area contributed by atoms with Crippen LogP contribution in [0.1, 0.15) is 18.9 Å². The van der Waals surface area contributed by atoms with Crippen LogP contribution in [-0.2, 0) is 20.7 Å². The standard InChI is InChI=1S/C21H33ClN4O3/c1-3-23-21(24-8-5-13-29-15-14-28-2)26-11-9-25(10-12-26)20(27)17-18-6-4-7-19(22)16-18/h4,6-7,16H,3,5,8-15,17H2,1-2H3,(H,23,24). The molecule has 0 spiro atoms. The number of nitrogens with one attached hydrogen (secondary N) is 1. The first-order valence-corrected chi connectivity index (χ1v) is 10.6. The highest BCUT2D eigenvalue weighted by atomic mass is 35.5. The van der Waals surface area contributed by atoms with Crippen molar-refractivity contribution >= 4 is 23.5 Å². The molecule has 1 saturated heterocycles. The van der Waals surface area contributed by atoms with Crippen LogP contribution < -0.4 is 5.32 Å². The third-order valence-corrected chi connectivity index (χ3v) is 4.89. The van der Waals surface area contributed by atoms with Gasteiger partial charge in [-0.1, -0.05) is 23.7 Å². The van der Waals surface area contributed by atoms with Crippen molar-refractivity contribution in [2.75, 3.05) is 66.2 Å². The van der Waals surface area contributed by atoms with Crippen LogP contribution in [0.5, 0.6) is 0 Å². The molecule has 1 heterocycles.